The van der Waals surface area contributed by atoms with Crippen LogP contribution in [0, 0.1) is 6.92 Å². The molecule has 0 aliphatic rings. The summed E-state index contributed by atoms with van der Waals surface area (Å²) in [5.41, 5.74) is 8.30. The number of rotatable bonds is 3. The molecule has 88 valence electrons. The van der Waals surface area contributed by atoms with Crippen molar-refractivity contribution in [3.05, 3.63) is 59.7 Å². The van der Waals surface area contributed by atoms with Crippen molar-refractivity contribution in [3.8, 4) is 0 Å². The molecule has 2 N–H and O–H groups in total. The number of nitrogens with two attached hydrogens (primary N) is 1. The molecular formula is C15H17NS. The molecule has 2 heteroatoms. The molecule has 0 heterocycles. The number of aryl methyl sites for hydroxylation is 1. The Morgan fingerprint density at radius 2 is 1.71 bits per heavy atom. The van der Waals surface area contributed by atoms with E-state index in [9.17, 15) is 0 Å². The van der Waals surface area contributed by atoms with Gasteiger partial charge < -0.3 is 5.73 Å². The van der Waals surface area contributed by atoms with Gasteiger partial charge >= 0.3 is 0 Å². The lowest BCUT2D eigenvalue weighted by Crippen LogP contribution is -2.04. The SMILES string of the molecule is Cc1cccc(Sc2ccc([C@H](C)N)cc2)c1. The fourth-order valence-corrected chi connectivity index (χ4v) is 2.59. The minimum absolute atomic E-state index is 0.105. The Morgan fingerprint density at radius 3 is 2.29 bits per heavy atom. The molecule has 0 unspecified atom stereocenters. The van der Waals surface area contributed by atoms with Crippen molar-refractivity contribution in [2.45, 2.75) is 29.7 Å². The standard InChI is InChI=1S/C15H17NS/c1-11-4-3-5-15(10-11)17-14-8-6-13(7-9-14)12(2)16/h3-10,12H,16H2,1-2H3/t12-/m0/s1. The zero-order valence-electron chi connectivity index (χ0n) is 10.2. The molecule has 0 aromatic heterocycles. The summed E-state index contributed by atoms with van der Waals surface area (Å²) in [6.07, 6.45) is 0. The Labute approximate surface area is 107 Å². The van der Waals surface area contributed by atoms with Crippen molar-refractivity contribution < 1.29 is 0 Å². The van der Waals surface area contributed by atoms with Crippen molar-refractivity contribution >= 4 is 11.8 Å². The van der Waals surface area contributed by atoms with Gasteiger partial charge in [-0.25, -0.2) is 0 Å². The van der Waals surface area contributed by atoms with Gasteiger partial charge in [0.1, 0.15) is 0 Å². The van der Waals surface area contributed by atoms with Gasteiger partial charge in [0, 0.05) is 15.8 Å². The summed E-state index contributed by atoms with van der Waals surface area (Å²) in [5.74, 6) is 0. The molecule has 0 saturated carbocycles. The third kappa shape index (κ3) is 3.35. The minimum Gasteiger partial charge on any atom is -0.324 e. The Morgan fingerprint density at radius 1 is 1.00 bits per heavy atom. The number of hydrogen-bond donors (Lipinski definition) is 1. The summed E-state index contributed by atoms with van der Waals surface area (Å²) < 4.78 is 0. The number of benzene rings is 2. The van der Waals surface area contributed by atoms with E-state index in [4.69, 9.17) is 5.73 Å². The first-order valence-electron chi connectivity index (χ1n) is 5.75. The van der Waals surface area contributed by atoms with Gasteiger partial charge in [0.15, 0.2) is 0 Å². The highest BCUT2D eigenvalue weighted by Crippen LogP contribution is 2.28. The first-order chi connectivity index (χ1) is 8.15. The van der Waals surface area contributed by atoms with Crippen molar-refractivity contribution in [1.82, 2.24) is 0 Å². The Hall–Kier alpha value is -1.25. The van der Waals surface area contributed by atoms with E-state index in [-0.39, 0.29) is 6.04 Å². The van der Waals surface area contributed by atoms with Crippen molar-refractivity contribution in [2.24, 2.45) is 5.73 Å². The maximum Gasteiger partial charge on any atom is 0.0266 e. The third-order valence-electron chi connectivity index (χ3n) is 2.63. The van der Waals surface area contributed by atoms with Gasteiger partial charge in [0.2, 0.25) is 0 Å². The molecule has 2 aromatic rings. The fraction of sp³-hybridized carbons (Fsp3) is 0.200. The summed E-state index contributed by atoms with van der Waals surface area (Å²) in [6.45, 7) is 4.12. The first kappa shape index (κ1) is 12.2. The molecule has 0 spiro atoms. The monoisotopic (exact) mass is 243 g/mol. The Balaban J connectivity index is 2.14. The lowest BCUT2D eigenvalue weighted by molar-refractivity contribution is 0.817. The van der Waals surface area contributed by atoms with Crippen LogP contribution in [0.1, 0.15) is 24.1 Å². The molecule has 17 heavy (non-hydrogen) atoms. The second-order valence-corrected chi connectivity index (χ2v) is 5.42. The third-order valence-corrected chi connectivity index (χ3v) is 3.63. The topological polar surface area (TPSA) is 26.0 Å². The molecule has 0 aliphatic carbocycles. The van der Waals surface area contributed by atoms with Crippen LogP contribution in [-0.2, 0) is 0 Å². The quantitative estimate of drug-likeness (QED) is 0.875. The van der Waals surface area contributed by atoms with Crippen molar-refractivity contribution in [1.29, 1.82) is 0 Å². The molecule has 0 aliphatic heterocycles. The van der Waals surface area contributed by atoms with Crippen LogP contribution in [0.4, 0.5) is 0 Å². The summed E-state index contributed by atoms with van der Waals surface area (Å²) >= 11 is 1.78. The van der Waals surface area contributed by atoms with E-state index in [1.807, 2.05) is 6.92 Å². The summed E-state index contributed by atoms with van der Waals surface area (Å²) in [7, 11) is 0. The lowest BCUT2D eigenvalue weighted by atomic mass is 10.1. The van der Waals surface area contributed by atoms with Gasteiger partial charge in [-0.2, -0.15) is 0 Å². The highest BCUT2D eigenvalue weighted by Gasteiger charge is 2.00. The van der Waals surface area contributed by atoms with E-state index in [1.54, 1.807) is 11.8 Å². The van der Waals surface area contributed by atoms with E-state index in [0.29, 0.717) is 0 Å². The lowest BCUT2D eigenvalue weighted by Gasteiger charge is -2.07. The molecule has 0 fully saturated rings. The number of hydrogen-bond acceptors (Lipinski definition) is 2. The largest absolute Gasteiger partial charge is 0.324 e. The highest BCUT2D eigenvalue weighted by atomic mass is 32.2. The van der Waals surface area contributed by atoms with Gasteiger partial charge in [0.05, 0.1) is 0 Å². The predicted molar refractivity (Wildman–Crippen MR) is 74.3 cm³/mol. The van der Waals surface area contributed by atoms with Crippen molar-refractivity contribution in [3.63, 3.8) is 0 Å². The average Bonchev–Trinajstić information content (AvgIpc) is 2.29. The molecule has 1 atom stereocenters. The maximum absolute atomic E-state index is 5.83. The molecule has 0 saturated heterocycles. The van der Waals surface area contributed by atoms with Gasteiger partial charge in [0.25, 0.3) is 0 Å². The van der Waals surface area contributed by atoms with Crippen LogP contribution in [0.2, 0.25) is 0 Å². The molecular weight excluding hydrogens is 226 g/mol. The molecule has 0 amide bonds. The normalized spacial score (nSPS) is 12.4. The summed E-state index contributed by atoms with van der Waals surface area (Å²) in [5, 5.41) is 0. The second kappa shape index (κ2) is 5.39. The van der Waals surface area contributed by atoms with Crippen LogP contribution < -0.4 is 5.73 Å². The molecule has 0 radical (unpaired) electrons. The van der Waals surface area contributed by atoms with Gasteiger partial charge in [-0.15, -0.1) is 0 Å². The van der Waals surface area contributed by atoms with Crippen LogP contribution in [0.5, 0.6) is 0 Å². The summed E-state index contributed by atoms with van der Waals surface area (Å²) in [4.78, 5) is 2.53. The molecule has 2 aromatic carbocycles. The van der Waals surface area contributed by atoms with Crippen LogP contribution in [0.25, 0.3) is 0 Å². The molecule has 2 rings (SSSR count). The van der Waals surface area contributed by atoms with Crippen LogP contribution in [0.15, 0.2) is 58.3 Å². The minimum atomic E-state index is 0.105. The van der Waals surface area contributed by atoms with E-state index in [0.717, 1.165) is 0 Å². The van der Waals surface area contributed by atoms with Gasteiger partial charge in [-0.1, -0.05) is 41.6 Å². The Kier molecular flexibility index (Phi) is 3.87. The van der Waals surface area contributed by atoms with Crippen LogP contribution >= 0.6 is 11.8 Å². The van der Waals surface area contributed by atoms with Crippen molar-refractivity contribution in [2.75, 3.05) is 0 Å². The summed E-state index contributed by atoms with van der Waals surface area (Å²) in [6, 6.07) is 17.1. The smallest absolute Gasteiger partial charge is 0.0266 e. The van der Waals surface area contributed by atoms with Crippen LogP contribution in [0.3, 0.4) is 0 Å². The second-order valence-electron chi connectivity index (χ2n) is 4.28. The zero-order valence-corrected chi connectivity index (χ0v) is 11.0. The Bertz CT molecular complexity index is 489. The van der Waals surface area contributed by atoms with Crippen LogP contribution in [-0.4, -0.2) is 0 Å². The molecule has 0 bridgehead atoms. The van der Waals surface area contributed by atoms with Gasteiger partial charge in [-0.05, 0) is 43.7 Å². The average molecular weight is 243 g/mol. The zero-order chi connectivity index (χ0) is 12.3. The molecule has 1 nitrogen and oxygen atoms in total. The predicted octanol–water partition coefficient (Wildman–Crippen LogP) is 4.17. The van der Waals surface area contributed by atoms with E-state index < -0.39 is 0 Å². The fourth-order valence-electron chi connectivity index (χ4n) is 1.65. The van der Waals surface area contributed by atoms with Gasteiger partial charge in [-0.3, -0.25) is 0 Å². The highest BCUT2D eigenvalue weighted by molar-refractivity contribution is 7.99. The van der Waals surface area contributed by atoms with E-state index >= 15 is 0 Å². The van der Waals surface area contributed by atoms with E-state index in [1.165, 1.54) is 20.9 Å². The van der Waals surface area contributed by atoms with E-state index in [2.05, 4.69) is 55.5 Å². The maximum atomic E-state index is 5.83. The first-order valence-corrected chi connectivity index (χ1v) is 6.57.